The lowest BCUT2D eigenvalue weighted by atomic mass is 9.69. The third-order valence-corrected chi connectivity index (χ3v) is 9.26. The molecule has 7 heteroatoms. The fourth-order valence-electron chi connectivity index (χ4n) is 6.65. The summed E-state index contributed by atoms with van der Waals surface area (Å²) < 4.78 is 32.3. The van der Waals surface area contributed by atoms with Crippen molar-refractivity contribution >= 4 is 9.47 Å². The predicted octanol–water partition coefficient (Wildman–Crippen LogP) is 8.17. The lowest BCUT2D eigenvalue weighted by Gasteiger charge is -2.51. The lowest BCUT2D eigenvalue weighted by molar-refractivity contribution is -0.261. The molecule has 0 amide bonds. The van der Waals surface area contributed by atoms with Crippen molar-refractivity contribution < 1.29 is 28.6 Å². The van der Waals surface area contributed by atoms with Crippen LogP contribution >= 0.6 is 9.47 Å². The monoisotopic (exact) mass is 676 g/mol. The summed E-state index contributed by atoms with van der Waals surface area (Å²) in [6, 6.07) is 48.3. The molecule has 1 saturated carbocycles. The van der Waals surface area contributed by atoms with Crippen molar-refractivity contribution in [2.45, 2.75) is 63.4 Å². The molecule has 1 aliphatic carbocycles. The van der Waals surface area contributed by atoms with Gasteiger partial charge in [0.05, 0.1) is 45.7 Å². The second-order valence-corrected chi connectivity index (χ2v) is 13.0. The van der Waals surface area contributed by atoms with Crippen molar-refractivity contribution in [1.82, 2.24) is 0 Å². The Bertz CT molecular complexity index is 1670. The molecule has 49 heavy (non-hydrogen) atoms. The number of hydrogen-bond donors (Lipinski definition) is 1. The van der Waals surface area contributed by atoms with E-state index in [0.717, 1.165) is 33.4 Å². The summed E-state index contributed by atoms with van der Waals surface area (Å²) in [5.74, 6) is -0.226. The largest absolute Gasteiger partial charge is 0.382 e. The van der Waals surface area contributed by atoms with Gasteiger partial charge in [-0.25, -0.2) is 0 Å². The summed E-state index contributed by atoms with van der Waals surface area (Å²) in [5, 5.41) is 13.1. The lowest BCUT2D eigenvalue weighted by Crippen LogP contribution is -2.62. The highest BCUT2D eigenvalue weighted by Gasteiger charge is 2.55. The molecule has 254 valence electrons. The van der Waals surface area contributed by atoms with Crippen molar-refractivity contribution in [3.05, 3.63) is 179 Å². The van der Waals surface area contributed by atoms with Crippen LogP contribution in [0.2, 0.25) is 0 Å². The van der Waals surface area contributed by atoms with Gasteiger partial charge in [0.25, 0.3) is 0 Å². The number of aliphatic hydroxyl groups is 1. The van der Waals surface area contributed by atoms with Gasteiger partial charge < -0.3 is 28.6 Å². The first-order valence-electron chi connectivity index (χ1n) is 16.8. The molecule has 6 rings (SSSR count). The van der Waals surface area contributed by atoms with Gasteiger partial charge in [0.1, 0.15) is 17.8 Å². The summed E-state index contributed by atoms with van der Waals surface area (Å²) in [6.45, 7) is 2.22. The quantitative estimate of drug-likeness (QED) is 0.106. The Morgan fingerprint density at radius 2 is 1.00 bits per heavy atom. The van der Waals surface area contributed by atoms with Crippen LogP contribution in [0, 0.1) is 5.92 Å². The summed E-state index contributed by atoms with van der Waals surface area (Å²) in [5.41, 5.74) is 4.43. The van der Waals surface area contributed by atoms with Crippen LogP contribution < -0.4 is 0 Å². The van der Waals surface area contributed by atoms with Gasteiger partial charge in [0.15, 0.2) is 0 Å². The Balaban J connectivity index is 1.39. The normalized spacial score (nSPS) is 22.2. The molecule has 1 aliphatic rings. The van der Waals surface area contributed by atoms with E-state index in [9.17, 15) is 5.11 Å². The van der Waals surface area contributed by atoms with Gasteiger partial charge in [-0.05, 0) is 39.8 Å². The number of ether oxygens (including phenoxy) is 4. The summed E-state index contributed by atoms with van der Waals surface area (Å²) in [6.07, 6.45) is -1.51. The van der Waals surface area contributed by atoms with Crippen LogP contribution in [0.3, 0.4) is 0 Å². The van der Waals surface area contributed by atoms with Crippen molar-refractivity contribution in [3.63, 3.8) is 0 Å². The zero-order valence-corrected chi connectivity index (χ0v) is 28.8. The standard InChI is InChI=1S/C42H45O6P/c43-42(38-23-13-22-36(24-38)30-48-49)25-37(31-44-26-32-14-5-1-6-15-32)39(45-27-33-16-7-2-8-17-33)40(46-28-34-18-9-3-10-19-34)41(42)47-29-35-20-11-4-12-21-35/h1-24,37,39-41,43H,25-31,49H2/t37-,39-,40+,41-,42?/m1/s1. The van der Waals surface area contributed by atoms with E-state index in [1.807, 2.05) is 121 Å². The molecule has 6 nitrogen and oxygen atoms in total. The third kappa shape index (κ3) is 9.50. The predicted molar refractivity (Wildman–Crippen MR) is 194 cm³/mol. The molecular weight excluding hydrogens is 631 g/mol. The Morgan fingerprint density at radius 3 is 1.53 bits per heavy atom. The van der Waals surface area contributed by atoms with Gasteiger partial charge in [-0.2, -0.15) is 0 Å². The van der Waals surface area contributed by atoms with E-state index in [1.54, 1.807) is 0 Å². The van der Waals surface area contributed by atoms with E-state index in [4.69, 9.17) is 23.5 Å². The van der Waals surface area contributed by atoms with Gasteiger partial charge in [0.2, 0.25) is 0 Å². The fraction of sp³-hybridized carbons (Fsp3) is 0.286. The molecule has 0 radical (unpaired) electrons. The van der Waals surface area contributed by atoms with E-state index in [-0.39, 0.29) is 5.92 Å². The summed E-state index contributed by atoms with van der Waals surface area (Å²) in [4.78, 5) is 0. The average molecular weight is 677 g/mol. The van der Waals surface area contributed by atoms with Crippen LogP contribution in [0.5, 0.6) is 0 Å². The van der Waals surface area contributed by atoms with Gasteiger partial charge in [-0.1, -0.05) is 146 Å². The van der Waals surface area contributed by atoms with E-state index in [2.05, 4.69) is 33.7 Å². The molecule has 0 aliphatic heterocycles. The maximum absolute atomic E-state index is 13.1. The second kappa shape index (κ2) is 17.8. The topological polar surface area (TPSA) is 66.4 Å². The fourth-order valence-corrected chi connectivity index (χ4v) is 6.84. The first-order chi connectivity index (χ1) is 24.1. The van der Waals surface area contributed by atoms with Crippen molar-refractivity contribution in [1.29, 1.82) is 0 Å². The highest BCUT2D eigenvalue weighted by atomic mass is 31.0. The Morgan fingerprint density at radius 1 is 0.531 bits per heavy atom. The van der Waals surface area contributed by atoms with Gasteiger partial charge in [0, 0.05) is 15.4 Å². The molecule has 0 heterocycles. The molecular formula is C42H45O6P. The minimum atomic E-state index is -1.43. The van der Waals surface area contributed by atoms with Crippen molar-refractivity contribution in [2.75, 3.05) is 6.61 Å². The molecule has 2 unspecified atom stereocenters. The zero-order chi connectivity index (χ0) is 33.7. The summed E-state index contributed by atoms with van der Waals surface area (Å²) >= 11 is 0. The van der Waals surface area contributed by atoms with Crippen LogP contribution in [0.15, 0.2) is 146 Å². The first-order valence-corrected chi connectivity index (χ1v) is 17.3. The Hall–Kier alpha value is -3.71. The van der Waals surface area contributed by atoms with Crippen LogP contribution in [0.4, 0.5) is 0 Å². The highest BCUT2D eigenvalue weighted by molar-refractivity contribution is 7.09. The molecule has 0 aromatic heterocycles. The zero-order valence-electron chi connectivity index (χ0n) is 27.7. The molecule has 1 N–H and O–H groups in total. The maximum atomic E-state index is 13.1. The molecule has 0 bridgehead atoms. The molecule has 0 spiro atoms. The Kier molecular flexibility index (Phi) is 12.8. The number of benzene rings is 5. The average Bonchev–Trinajstić information content (AvgIpc) is 3.15. The van der Waals surface area contributed by atoms with Gasteiger partial charge in [-0.15, -0.1) is 0 Å². The van der Waals surface area contributed by atoms with Crippen molar-refractivity contribution in [2.24, 2.45) is 5.92 Å². The van der Waals surface area contributed by atoms with E-state index in [0.29, 0.717) is 46.1 Å². The highest BCUT2D eigenvalue weighted by Crippen LogP contribution is 2.45. The van der Waals surface area contributed by atoms with E-state index >= 15 is 0 Å². The molecule has 0 saturated heterocycles. The smallest absolute Gasteiger partial charge is 0.119 e. The number of rotatable bonds is 16. The summed E-state index contributed by atoms with van der Waals surface area (Å²) in [7, 11) is 2.31. The minimum Gasteiger partial charge on any atom is -0.382 e. The van der Waals surface area contributed by atoms with Crippen LogP contribution in [-0.2, 0) is 62.1 Å². The first kappa shape index (κ1) is 35.1. The van der Waals surface area contributed by atoms with Crippen LogP contribution in [0.1, 0.15) is 39.8 Å². The SMILES string of the molecule is OC1(c2cccc(COP)c2)C[C@H](COCc2ccccc2)[C@@H](OCc2ccccc2)[C@H](OCc2ccccc2)[C@H]1OCc1ccccc1. The molecule has 5 aromatic rings. The Labute approximate surface area is 292 Å². The van der Waals surface area contributed by atoms with Crippen LogP contribution in [-0.4, -0.2) is 30.0 Å². The molecule has 5 aromatic carbocycles. The van der Waals surface area contributed by atoms with E-state index < -0.39 is 23.9 Å². The van der Waals surface area contributed by atoms with Gasteiger partial charge >= 0.3 is 0 Å². The maximum Gasteiger partial charge on any atom is 0.119 e. The second-order valence-electron chi connectivity index (χ2n) is 12.6. The number of hydrogen-bond acceptors (Lipinski definition) is 6. The third-order valence-electron chi connectivity index (χ3n) is 9.09. The van der Waals surface area contributed by atoms with E-state index in [1.165, 1.54) is 0 Å². The molecule has 1 fully saturated rings. The minimum absolute atomic E-state index is 0.226. The van der Waals surface area contributed by atoms with Crippen LogP contribution in [0.25, 0.3) is 0 Å². The van der Waals surface area contributed by atoms with Crippen molar-refractivity contribution in [3.8, 4) is 0 Å². The van der Waals surface area contributed by atoms with Gasteiger partial charge in [-0.3, -0.25) is 0 Å². The molecule has 6 atom stereocenters.